The lowest BCUT2D eigenvalue weighted by Crippen LogP contribution is -2.53. The summed E-state index contributed by atoms with van der Waals surface area (Å²) in [5, 5.41) is 22.4. The molecule has 2 unspecified atom stereocenters. The predicted octanol–water partition coefficient (Wildman–Crippen LogP) is 0.705. The van der Waals surface area contributed by atoms with E-state index in [1.165, 1.54) is 5.48 Å². The van der Waals surface area contributed by atoms with E-state index in [0.29, 0.717) is 6.42 Å². The molecule has 0 aliphatic rings. The zero-order valence-corrected chi connectivity index (χ0v) is 12.8. The van der Waals surface area contributed by atoms with Gasteiger partial charge in [0.15, 0.2) is 0 Å². The molecule has 8 heteroatoms. The van der Waals surface area contributed by atoms with E-state index in [4.69, 9.17) is 10.3 Å². The molecule has 0 bridgehead atoms. The van der Waals surface area contributed by atoms with Gasteiger partial charge in [0, 0.05) is 0 Å². The van der Waals surface area contributed by atoms with Gasteiger partial charge in [0.1, 0.15) is 12.1 Å². The van der Waals surface area contributed by atoms with E-state index in [-0.39, 0.29) is 18.3 Å². The summed E-state index contributed by atoms with van der Waals surface area (Å²) in [6.07, 6.45) is 0.603. The summed E-state index contributed by atoms with van der Waals surface area (Å²) in [5.74, 6) is -1.67. The number of urea groups is 1. The molecule has 0 heterocycles. The molecule has 8 nitrogen and oxygen atoms in total. The van der Waals surface area contributed by atoms with Crippen LogP contribution in [0.15, 0.2) is 0 Å². The number of aliphatic carboxylic acids is 1. The third-order valence-electron chi connectivity index (χ3n) is 2.75. The topological polar surface area (TPSA) is 128 Å². The summed E-state index contributed by atoms with van der Waals surface area (Å²) in [6.45, 7) is 7.40. The number of hydroxylamine groups is 1. The van der Waals surface area contributed by atoms with Crippen LogP contribution in [-0.2, 0) is 9.59 Å². The summed E-state index contributed by atoms with van der Waals surface area (Å²) < 4.78 is 0. The van der Waals surface area contributed by atoms with Crippen molar-refractivity contribution in [1.29, 1.82) is 0 Å². The average molecular weight is 303 g/mol. The third kappa shape index (κ3) is 8.13. The van der Waals surface area contributed by atoms with Crippen LogP contribution in [0, 0.1) is 11.8 Å². The molecule has 122 valence electrons. The highest BCUT2D eigenvalue weighted by Crippen LogP contribution is 2.07. The van der Waals surface area contributed by atoms with E-state index >= 15 is 0 Å². The van der Waals surface area contributed by atoms with E-state index < -0.39 is 30.0 Å². The van der Waals surface area contributed by atoms with Crippen molar-refractivity contribution in [2.75, 3.05) is 0 Å². The number of carboxylic acid groups (broad SMARTS) is 1. The van der Waals surface area contributed by atoms with E-state index in [0.717, 1.165) is 0 Å². The molecule has 0 saturated heterocycles. The van der Waals surface area contributed by atoms with Crippen molar-refractivity contribution < 1.29 is 24.7 Å². The fraction of sp³-hybridized carbons (Fsp3) is 0.769. The lowest BCUT2D eigenvalue weighted by Gasteiger charge is -2.21. The van der Waals surface area contributed by atoms with Crippen molar-refractivity contribution in [3.8, 4) is 0 Å². The molecule has 0 aromatic rings. The Balaban J connectivity index is 4.66. The molecule has 5 N–H and O–H groups in total. The predicted molar refractivity (Wildman–Crippen MR) is 75.7 cm³/mol. The summed E-state index contributed by atoms with van der Waals surface area (Å²) in [5.41, 5.74) is 1.49. The zero-order chi connectivity index (χ0) is 16.6. The number of hydrogen-bond acceptors (Lipinski definition) is 4. The first kappa shape index (κ1) is 19.2. The van der Waals surface area contributed by atoms with Gasteiger partial charge in [-0.3, -0.25) is 10.0 Å². The van der Waals surface area contributed by atoms with Crippen molar-refractivity contribution in [2.45, 2.75) is 52.6 Å². The van der Waals surface area contributed by atoms with Gasteiger partial charge in [-0.25, -0.2) is 15.1 Å². The molecule has 0 spiro atoms. The summed E-state index contributed by atoms with van der Waals surface area (Å²) in [4.78, 5) is 34.3. The number of rotatable bonds is 8. The fourth-order valence-electron chi connectivity index (χ4n) is 1.83. The van der Waals surface area contributed by atoms with Crippen LogP contribution in [0.1, 0.15) is 40.5 Å². The van der Waals surface area contributed by atoms with Gasteiger partial charge >= 0.3 is 12.0 Å². The van der Waals surface area contributed by atoms with Gasteiger partial charge in [0.2, 0.25) is 0 Å². The highest BCUT2D eigenvalue weighted by molar-refractivity contribution is 5.88. The monoisotopic (exact) mass is 303 g/mol. The van der Waals surface area contributed by atoms with Crippen molar-refractivity contribution in [1.82, 2.24) is 16.1 Å². The normalized spacial score (nSPS) is 13.7. The second-order valence-electron chi connectivity index (χ2n) is 5.80. The Kier molecular flexibility index (Phi) is 8.37. The van der Waals surface area contributed by atoms with Gasteiger partial charge in [-0.05, 0) is 24.7 Å². The maximum atomic E-state index is 11.8. The molecule has 21 heavy (non-hydrogen) atoms. The Morgan fingerprint density at radius 2 is 1.33 bits per heavy atom. The number of carboxylic acids is 1. The van der Waals surface area contributed by atoms with Crippen LogP contribution in [0.4, 0.5) is 4.79 Å². The first-order chi connectivity index (χ1) is 9.67. The van der Waals surface area contributed by atoms with E-state index in [1.807, 2.05) is 27.7 Å². The van der Waals surface area contributed by atoms with Gasteiger partial charge in [0.05, 0.1) is 0 Å². The lowest BCUT2D eigenvalue weighted by molar-refractivity contribution is -0.139. The molecule has 0 rings (SSSR count). The van der Waals surface area contributed by atoms with Gasteiger partial charge in [-0.15, -0.1) is 0 Å². The number of amides is 3. The third-order valence-corrected chi connectivity index (χ3v) is 2.75. The average Bonchev–Trinajstić information content (AvgIpc) is 2.34. The van der Waals surface area contributed by atoms with Crippen molar-refractivity contribution >= 4 is 17.9 Å². The van der Waals surface area contributed by atoms with Crippen LogP contribution in [0.3, 0.4) is 0 Å². The SMILES string of the molecule is CC(C)CC(NC(=O)NC(CC(C)C)C(=O)NO)C(=O)O. The minimum Gasteiger partial charge on any atom is -0.480 e. The second kappa shape index (κ2) is 9.17. The quantitative estimate of drug-likeness (QED) is 0.333. The minimum absolute atomic E-state index is 0.0959. The van der Waals surface area contributed by atoms with Crippen molar-refractivity contribution in [3.63, 3.8) is 0 Å². The van der Waals surface area contributed by atoms with Crippen LogP contribution in [0.5, 0.6) is 0 Å². The smallest absolute Gasteiger partial charge is 0.326 e. The molecule has 0 aliphatic carbocycles. The number of hydrogen-bond donors (Lipinski definition) is 5. The Bertz CT molecular complexity index is 371. The van der Waals surface area contributed by atoms with Crippen LogP contribution >= 0.6 is 0 Å². The minimum atomic E-state index is -1.13. The highest BCUT2D eigenvalue weighted by atomic mass is 16.5. The number of carbonyl (C=O) groups is 3. The van der Waals surface area contributed by atoms with Gasteiger partial charge < -0.3 is 15.7 Å². The molecule has 0 aliphatic heterocycles. The highest BCUT2D eigenvalue weighted by Gasteiger charge is 2.25. The fourth-order valence-corrected chi connectivity index (χ4v) is 1.83. The van der Waals surface area contributed by atoms with Crippen molar-refractivity contribution in [2.24, 2.45) is 11.8 Å². The molecule has 3 amide bonds. The Hall–Kier alpha value is -1.83. The largest absolute Gasteiger partial charge is 0.480 e. The Morgan fingerprint density at radius 1 is 0.905 bits per heavy atom. The first-order valence-corrected chi connectivity index (χ1v) is 6.91. The molecule has 0 aromatic carbocycles. The van der Waals surface area contributed by atoms with Crippen molar-refractivity contribution in [3.05, 3.63) is 0 Å². The summed E-state index contributed by atoms with van der Waals surface area (Å²) >= 11 is 0. The molecule has 0 saturated carbocycles. The molecule has 0 aromatic heterocycles. The molecule has 2 atom stereocenters. The standard InChI is InChI=1S/C13H25N3O5/c1-7(2)5-9(11(17)16-21)14-13(20)15-10(12(18)19)6-8(3)4/h7-10,21H,5-6H2,1-4H3,(H,16,17)(H,18,19)(H2,14,15,20). The van der Waals surface area contributed by atoms with E-state index in [9.17, 15) is 14.4 Å². The van der Waals surface area contributed by atoms with E-state index in [1.54, 1.807) is 0 Å². The van der Waals surface area contributed by atoms with Crippen LogP contribution in [-0.4, -0.2) is 40.3 Å². The molecular weight excluding hydrogens is 278 g/mol. The van der Waals surface area contributed by atoms with Gasteiger partial charge in [0.25, 0.3) is 5.91 Å². The molecular formula is C13H25N3O5. The molecule has 0 radical (unpaired) electrons. The molecule has 0 fully saturated rings. The Morgan fingerprint density at radius 3 is 1.71 bits per heavy atom. The summed E-state index contributed by atoms with van der Waals surface area (Å²) in [7, 11) is 0. The zero-order valence-electron chi connectivity index (χ0n) is 12.8. The van der Waals surface area contributed by atoms with Crippen LogP contribution < -0.4 is 16.1 Å². The lowest BCUT2D eigenvalue weighted by atomic mass is 10.0. The first-order valence-electron chi connectivity index (χ1n) is 6.91. The van der Waals surface area contributed by atoms with Gasteiger partial charge in [-0.2, -0.15) is 0 Å². The number of carbonyl (C=O) groups excluding carboxylic acids is 2. The number of nitrogens with one attached hydrogen (secondary N) is 3. The second-order valence-corrected chi connectivity index (χ2v) is 5.80. The maximum absolute atomic E-state index is 11.8. The Labute approximate surface area is 124 Å². The maximum Gasteiger partial charge on any atom is 0.326 e. The van der Waals surface area contributed by atoms with Crippen LogP contribution in [0.2, 0.25) is 0 Å². The van der Waals surface area contributed by atoms with Gasteiger partial charge in [-0.1, -0.05) is 27.7 Å². The van der Waals surface area contributed by atoms with E-state index in [2.05, 4.69) is 10.6 Å². The van der Waals surface area contributed by atoms with Crippen LogP contribution in [0.25, 0.3) is 0 Å². The summed E-state index contributed by atoms with van der Waals surface area (Å²) in [6, 6.07) is -2.71.